The van der Waals surface area contributed by atoms with Gasteiger partial charge >= 0.3 is 5.97 Å². The van der Waals surface area contributed by atoms with Gasteiger partial charge in [0, 0.05) is 35.1 Å². The first-order valence-corrected chi connectivity index (χ1v) is 12.2. The topological polar surface area (TPSA) is 84.9 Å². The average molecular weight is 461 g/mol. The number of rotatable bonds is 3. The van der Waals surface area contributed by atoms with Crippen LogP contribution in [0.25, 0.3) is 28.2 Å². The van der Waals surface area contributed by atoms with Crippen LogP contribution in [0.4, 0.5) is 0 Å². The zero-order valence-corrected chi connectivity index (χ0v) is 19.1. The summed E-state index contributed by atoms with van der Waals surface area (Å²) in [5, 5.41) is 10.8. The van der Waals surface area contributed by atoms with E-state index in [9.17, 15) is 14.7 Å². The maximum atomic E-state index is 13.5. The molecule has 1 saturated carbocycles. The van der Waals surface area contributed by atoms with Crippen LogP contribution in [-0.4, -0.2) is 52.8 Å². The number of hydrogen-bond donors (Lipinski definition) is 1. The lowest BCUT2D eigenvalue weighted by Gasteiger charge is -2.28. The second-order valence-corrected chi connectivity index (χ2v) is 9.49. The minimum atomic E-state index is -0.950. The number of aromatic carboxylic acids is 1. The van der Waals surface area contributed by atoms with Crippen molar-refractivity contribution in [1.29, 1.82) is 0 Å². The number of carboxylic acid groups (broad SMARTS) is 1. The van der Waals surface area contributed by atoms with Gasteiger partial charge in [-0.15, -0.1) is 0 Å². The Morgan fingerprint density at radius 3 is 2.59 bits per heavy atom. The number of furan rings is 1. The van der Waals surface area contributed by atoms with Crippen molar-refractivity contribution in [2.24, 2.45) is 0 Å². The molecule has 2 aromatic heterocycles. The number of carbonyl (C=O) groups is 2. The molecule has 3 aromatic rings. The summed E-state index contributed by atoms with van der Waals surface area (Å²) in [5.74, 6) is 0.125. The van der Waals surface area contributed by atoms with Gasteiger partial charge in [0.1, 0.15) is 5.76 Å². The number of carboxylic acids is 1. The lowest BCUT2D eigenvalue weighted by Crippen LogP contribution is -2.41. The van der Waals surface area contributed by atoms with E-state index in [0.717, 1.165) is 35.0 Å². The standard InChI is InChI=1S/C27H28N2O5/c30-26(28-9-12-33-13-10-28)19-15-23-21(8-11-34-23)25-24(17-4-2-1-3-5-17)20-7-6-18(27(31)32)14-22(20)29(25)16-19/h6-8,11,14-15,17H,1-5,9-10,12-13,16H2,(H,31,32). The third-order valence-corrected chi connectivity index (χ3v) is 7.52. The highest BCUT2D eigenvalue weighted by Crippen LogP contribution is 2.46. The number of benzene rings is 1. The van der Waals surface area contributed by atoms with Gasteiger partial charge in [-0.2, -0.15) is 0 Å². The Bertz CT molecular complexity index is 1300. The van der Waals surface area contributed by atoms with Crippen molar-refractivity contribution < 1.29 is 23.8 Å². The third kappa shape index (κ3) is 3.46. The highest BCUT2D eigenvalue weighted by molar-refractivity contribution is 6.03. The Balaban J connectivity index is 1.56. The van der Waals surface area contributed by atoms with Crippen LogP contribution in [-0.2, 0) is 16.1 Å². The fraction of sp³-hybridized carbons (Fsp3) is 0.407. The summed E-state index contributed by atoms with van der Waals surface area (Å²) < 4.78 is 13.5. The number of nitrogens with zero attached hydrogens (tertiary/aromatic N) is 2. The van der Waals surface area contributed by atoms with Gasteiger partial charge in [-0.25, -0.2) is 4.79 Å². The van der Waals surface area contributed by atoms with Crippen LogP contribution < -0.4 is 0 Å². The number of amides is 1. The first-order valence-electron chi connectivity index (χ1n) is 12.2. The first-order chi connectivity index (χ1) is 16.6. The molecule has 0 atom stereocenters. The predicted molar refractivity (Wildman–Crippen MR) is 128 cm³/mol. The smallest absolute Gasteiger partial charge is 0.335 e. The van der Waals surface area contributed by atoms with Crippen molar-refractivity contribution >= 4 is 28.9 Å². The number of hydrogen-bond acceptors (Lipinski definition) is 4. The van der Waals surface area contributed by atoms with E-state index in [4.69, 9.17) is 9.15 Å². The molecule has 4 heterocycles. The molecular weight excluding hydrogens is 432 g/mol. The molecule has 2 aliphatic heterocycles. The molecule has 0 bridgehead atoms. The largest absolute Gasteiger partial charge is 0.478 e. The summed E-state index contributed by atoms with van der Waals surface area (Å²) in [7, 11) is 0. The second kappa shape index (κ2) is 8.47. The van der Waals surface area contributed by atoms with Crippen molar-refractivity contribution in [2.75, 3.05) is 26.3 Å². The van der Waals surface area contributed by atoms with Crippen LogP contribution in [0.1, 0.15) is 59.7 Å². The second-order valence-electron chi connectivity index (χ2n) is 9.49. The normalized spacial score (nSPS) is 18.8. The molecular formula is C27H28N2O5. The summed E-state index contributed by atoms with van der Waals surface area (Å²) in [6, 6.07) is 7.39. The van der Waals surface area contributed by atoms with E-state index in [0.29, 0.717) is 50.1 Å². The number of fused-ring (bicyclic) bond motifs is 5. The van der Waals surface area contributed by atoms with Gasteiger partial charge in [0.05, 0.1) is 37.3 Å². The molecule has 2 fully saturated rings. The highest BCUT2D eigenvalue weighted by atomic mass is 16.5. The number of ether oxygens (including phenoxy) is 1. The molecule has 0 unspecified atom stereocenters. The van der Waals surface area contributed by atoms with Crippen LogP contribution in [0, 0.1) is 0 Å². The van der Waals surface area contributed by atoms with Crippen LogP contribution in [0.5, 0.6) is 0 Å². The molecule has 1 aliphatic carbocycles. The van der Waals surface area contributed by atoms with E-state index in [1.807, 2.05) is 23.1 Å². The minimum Gasteiger partial charge on any atom is -0.478 e. The molecule has 1 aromatic carbocycles. The Hall–Kier alpha value is -3.32. The Kier molecular flexibility index (Phi) is 5.29. The van der Waals surface area contributed by atoms with Crippen molar-refractivity contribution in [3.05, 3.63) is 53.0 Å². The van der Waals surface area contributed by atoms with Gasteiger partial charge in [-0.05, 0) is 48.6 Å². The zero-order chi connectivity index (χ0) is 23.2. The van der Waals surface area contributed by atoms with E-state index < -0.39 is 5.97 Å². The molecule has 0 radical (unpaired) electrons. The highest BCUT2D eigenvalue weighted by Gasteiger charge is 2.32. The van der Waals surface area contributed by atoms with Gasteiger partial charge in [0.2, 0.25) is 0 Å². The van der Waals surface area contributed by atoms with E-state index in [1.165, 1.54) is 24.8 Å². The Morgan fingerprint density at radius 1 is 1.03 bits per heavy atom. The molecule has 6 rings (SSSR count). The van der Waals surface area contributed by atoms with Crippen LogP contribution in [0.2, 0.25) is 0 Å². The molecule has 176 valence electrons. The molecule has 7 heteroatoms. The van der Waals surface area contributed by atoms with E-state index in [-0.39, 0.29) is 11.5 Å². The summed E-state index contributed by atoms with van der Waals surface area (Å²) in [6.07, 6.45) is 9.43. The zero-order valence-electron chi connectivity index (χ0n) is 19.1. The quantitative estimate of drug-likeness (QED) is 0.601. The third-order valence-electron chi connectivity index (χ3n) is 7.52. The monoisotopic (exact) mass is 460 g/mol. The van der Waals surface area contributed by atoms with Gasteiger partial charge in [-0.1, -0.05) is 25.3 Å². The Morgan fingerprint density at radius 2 is 1.82 bits per heavy atom. The summed E-state index contributed by atoms with van der Waals surface area (Å²) in [6.45, 7) is 2.59. The van der Waals surface area contributed by atoms with E-state index in [2.05, 4.69) is 4.57 Å². The maximum Gasteiger partial charge on any atom is 0.335 e. The van der Waals surface area contributed by atoms with Gasteiger partial charge in [0.15, 0.2) is 0 Å². The Labute approximate surface area is 197 Å². The predicted octanol–water partition coefficient (Wildman–Crippen LogP) is 4.90. The first kappa shape index (κ1) is 21.2. The van der Waals surface area contributed by atoms with Gasteiger partial charge < -0.3 is 23.7 Å². The molecule has 3 aliphatic rings. The fourth-order valence-electron chi connectivity index (χ4n) is 5.87. The molecule has 1 saturated heterocycles. The van der Waals surface area contributed by atoms with Crippen LogP contribution in [0.3, 0.4) is 0 Å². The lowest BCUT2D eigenvalue weighted by molar-refractivity contribution is -0.131. The number of carbonyl (C=O) groups excluding carboxylic acids is 1. The SMILES string of the molecule is O=C(O)c1ccc2c(C3CCCCC3)c3n(c2c1)CC(C(=O)N1CCOCC1)=Cc1occc1-3. The summed E-state index contributed by atoms with van der Waals surface area (Å²) >= 11 is 0. The van der Waals surface area contributed by atoms with Crippen molar-refractivity contribution in [2.45, 2.75) is 44.6 Å². The minimum absolute atomic E-state index is 0.0195. The number of morpholine rings is 1. The summed E-state index contributed by atoms with van der Waals surface area (Å²) in [4.78, 5) is 27.2. The van der Waals surface area contributed by atoms with Crippen LogP contribution >= 0.6 is 0 Å². The molecule has 0 spiro atoms. The average Bonchev–Trinajstić information content (AvgIpc) is 3.41. The molecule has 1 amide bonds. The molecule has 7 nitrogen and oxygen atoms in total. The molecule has 34 heavy (non-hydrogen) atoms. The van der Waals surface area contributed by atoms with Crippen molar-refractivity contribution in [3.63, 3.8) is 0 Å². The van der Waals surface area contributed by atoms with E-state index >= 15 is 0 Å². The van der Waals surface area contributed by atoms with Gasteiger partial charge in [0.25, 0.3) is 5.91 Å². The fourth-order valence-corrected chi connectivity index (χ4v) is 5.87. The van der Waals surface area contributed by atoms with Crippen molar-refractivity contribution in [1.82, 2.24) is 9.47 Å². The molecule has 1 N–H and O–H groups in total. The maximum absolute atomic E-state index is 13.5. The van der Waals surface area contributed by atoms with Crippen molar-refractivity contribution in [3.8, 4) is 11.3 Å². The van der Waals surface area contributed by atoms with E-state index in [1.54, 1.807) is 18.4 Å². The summed E-state index contributed by atoms with van der Waals surface area (Å²) in [5.41, 5.74) is 5.06. The number of aromatic nitrogens is 1. The van der Waals surface area contributed by atoms with Crippen LogP contribution in [0.15, 0.2) is 40.5 Å². The van der Waals surface area contributed by atoms with Gasteiger partial charge in [-0.3, -0.25) is 4.79 Å². The lowest BCUT2D eigenvalue weighted by atomic mass is 9.82.